The Morgan fingerprint density at radius 3 is 2.28 bits per heavy atom. The third-order valence-corrected chi connectivity index (χ3v) is 3.78. The smallest absolute Gasteiger partial charge is 0.320 e. The van der Waals surface area contributed by atoms with Crippen molar-refractivity contribution >= 4 is 12.0 Å². The van der Waals surface area contributed by atoms with Gasteiger partial charge in [0.25, 0.3) is 0 Å². The van der Waals surface area contributed by atoms with Crippen molar-refractivity contribution in [1.29, 1.82) is 0 Å². The normalized spacial score (nSPS) is 26.2. The fourth-order valence-corrected chi connectivity index (χ4v) is 2.61. The lowest BCUT2D eigenvalue weighted by molar-refractivity contribution is -0.143. The number of carboxylic acids is 1. The molecule has 6 nitrogen and oxygen atoms in total. The number of urea groups is 1. The molecule has 0 unspecified atom stereocenters. The van der Waals surface area contributed by atoms with Crippen molar-refractivity contribution in [3.63, 3.8) is 0 Å². The molecular weight excluding hydrogens is 236 g/mol. The van der Waals surface area contributed by atoms with Gasteiger partial charge in [-0.2, -0.15) is 0 Å². The van der Waals surface area contributed by atoms with Gasteiger partial charge in [0.15, 0.2) is 0 Å². The summed E-state index contributed by atoms with van der Waals surface area (Å²) in [6.07, 6.45) is 2.32. The standard InChI is InChI=1S/C12H20N2O4/c15-10-3-6-13(7-4-10)12(18)14-5-1-2-9(8-14)11(16)17/h9-10,15H,1-8H2,(H,16,17)/t9-/m0/s1. The van der Waals surface area contributed by atoms with Crippen molar-refractivity contribution in [2.75, 3.05) is 26.2 Å². The molecule has 2 aliphatic rings. The van der Waals surface area contributed by atoms with Gasteiger partial charge < -0.3 is 20.0 Å². The molecule has 102 valence electrons. The molecule has 0 aromatic rings. The van der Waals surface area contributed by atoms with E-state index in [9.17, 15) is 14.7 Å². The third kappa shape index (κ3) is 2.93. The molecule has 0 aromatic carbocycles. The zero-order chi connectivity index (χ0) is 13.1. The van der Waals surface area contributed by atoms with Crippen LogP contribution in [0.15, 0.2) is 0 Å². The molecule has 2 saturated heterocycles. The number of aliphatic hydroxyl groups is 1. The molecule has 0 radical (unpaired) electrons. The summed E-state index contributed by atoms with van der Waals surface area (Å²) in [7, 11) is 0. The van der Waals surface area contributed by atoms with Gasteiger partial charge in [0.05, 0.1) is 12.0 Å². The molecule has 18 heavy (non-hydrogen) atoms. The third-order valence-electron chi connectivity index (χ3n) is 3.78. The van der Waals surface area contributed by atoms with E-state index in [0.29, 0.717) is 45.4 Å². The Kier molecular flexibility index (Phi) is 4.06. The van der Waals surface area contributed by atoms with E-state index in [4.69, 9.17) is 5.11 Å². The summed E-state index contributed by atoms with van der Waals surface area (Å²) in [5.41, 5.74) is 0. The first-order valence-corrected chi connectivity index (χ1v) is 6.52. The van der Waals surface area contributed by atoms with E-state index in [-0.39, 0.29) is 12.1 Å². The zero-order valence-electron chi connectivity index (χ0n) is 10.4. The number of aliphatic carboxylic acids is 1. The highest BCUT2D eigenvalue weighted by molar-refractivity contribution is 5.76. The van der Waals surface area contributed by atoms with Crippen LogP contribution in [0.1, 0.15) is 25.7 Å². The van der Waals surface area contributed by atoms with Crippen LogP contribution in [-0.2, 0) is 4.79 Å². The van der Waals surface area contributed by atoms with Crippen LogP contribution >= 0.6 is 0 Å². The molecule has 0 spiro atoms. The largest absolute Gasteiger partial charge is 0.481 e. The number of rotatable bonds is 1. The predicted molar refractivity (Wildman–Crippen MR) is 64.1 cm³/mol. The van der Waals surface area contributed by atoms with Crippen molar-refractivity contribution in [1.82, 2.24) is 9.80 Å². The van der Waals surface area contributed by atoms with Crippen molar-refractivity contribution in [2.24, 2.45) is 5.92 Å². The lowest BCUT2D eigenvalue weighted by atomic mass is 9.98. The van der Waals surface area contributed by atoms with Crippen LogP contribution in [-0.4, -0.2) is 64.3 Å². The highest BCUT2D eigenvalue weighted by Gasteiger charge is 2.31. The minimum absolute atomic E-state index is 0.0761. The molecule has 1 atom stereocenters. The maximum Gasteiger partial charge on any atom is 0.320 e. The Morgan fingerprint density at radius 1 is 1.00 bits per heavy atom. The number of hydrogen-bond donors (Lipinski definition) is 2. The van der Waals surface area contributed by atoms with Gasteiger partial charge in [-0.25, -0.2) is 4.79 Å². The second-order valence-electron chi connectivity index (χ2n) is 5.12. The molecule has 6 heteroatoms. The van der Waals surface area contributed by atoms with Crippen LogP contribution in [0.2, 0.25) is 0 Å². The van der Waals surface area contributed by atoms with Crippen molar-refractivity contribution in [3.05, 3.63) is 0 Å². The summed E-state index contributed by atoms with van der Waals surface area (Å²) >= 11 is 0. The van der Waals surface area contributed by atoms with E-state index in [1.165, 1.54) is 0 Å². The lowest BCUT2D eigenvalue weighted by Crippen LogP contribution is -2.51. The van der Waals surface area contributed by atoms with E-state index in [2.05, 4.69) is 0 Å². The van der Waals surface area contributed by atoms with E-state index in [1.54, 1.807) is 9.80 Å². The summed E-state index contributed by atoms with van der Waals surface area (Å²) < 4.78 is 0. The molecule has 0 saturated carbocycles. The van der Waals surface area contributed by atoms with Gasteiger partial charge >= 0.3 is 12.0 Å². The predicted octanol–water partition coefficient (Wildman–Crippen LogP) is 0.360. The molecule has 0 bridgehead atoms. The molecular formula is C12H20N2O4. The molecule has 2 fully saturated rings. The van der Waals surface area contributed by atoms with Crippen LogP contribution in [0.4, 0.5) is 4.79 Å². The number of likely N-dealkylation sites (tertiary alicyclic amines) is 2. The van der Waals surface area contributed by atoms with Crippen LogP contribution in [0.25, 0.3) is 0 Å². The average Bonchev–Trinajstić information content (AvgIpc) is 2.39. The summed E-state index contributed by atoms with van der Waals surface area (Å²) in [6.45, 7) is 2.08. The van der Waals surface area contributed by atoms with E-state index < -0.39 is 11.9 Å². The molecule has 0 aromatic heterocycles. The van der Waals surface area contributed by atoms with Gasteiger partial charge in [-0.3, -0.25) is 4.79 Å². The van der Waals surface area contributed by atoms with Gasteiger partial charge in [0.1, 0.15) is 0 Å². The van der Waals surface area contributed by atoms with E-state index >= 15 is 0 Å². The van der Waals surface area contributed by atoms with E-state index in [0.717, 1.165) is 6.42 Å². The zero-order valence-corrected chi connectivity index (χ0v) is 10.4. The number of amides is 2. The quantitative estimate of drug-likeness (QED) is 0.709. The molecule has 2 rings (SSSR count). The maximum atomic E-state index is 12.2. The molecule has 2 heterocycles. The molecule has 2 aliphatic heterocycles. The number of piperidine rings is 2. The summed E-state index contributed by atoms with van der Waals surface area (Å²) in [4.78, 5) is 26.5. The second-order valence-corrected chi connectivity index (χ2v) is 5.12. The molecule has 2 N–H and O–H groups in total. The Hall–Kier alpha value is -1.30. The Balaban J connectivity index is 1.90. The Morgan fingerprint density at radius 2 is 1.67 bits per heavy atom. The number of hydrogen-bond acceptors (Lipinski definition) is 3. The number of carbonyl (C=O) groups is 2. The van der Waals surface area contributed by atoms with Crippen LogP contribution in [0, 0.1) is 5.92 Å². The summed E-state index contributed by atoms with van der Waals surface area (Å²) in [6, 6.07) is -0.0761. The highest BCUT2D eigenvalue weighted by Crippen LogP contribution is 2.19. The first kappa shape index (κ1) is 13.1. The minimum Gasteiger partial charge on any atom is -0.481 e. The number of carboxylic acid groups (broad SMARTS) is 1. The highest BCUT2D eigenvalue weighted by atomic mass is 16.4. The fourth-order valence-electron chi connectivity index (χ4n) is 2.61. The van der Waals surface area contributed by atoms with Gasteiger partial charge in [0, 0.05) is 26.2 Å². The topological polar surface area (TPSA) is 81.1 Å². The van der Waals surface area contributed by atoms with Crippen LogP contribution in [0.5, 0.6) is 0 Å². The number of carbonyl (C=O) groups excluding carboxylic acids is 1. The van der Waals surface area contributed by atoms with Crippen LogP contribution < -0.4 is 0 Å². The monoisotopic (exact) mass is 256 g/mol. The lowest BCUT2D eigenvalue weighted by Gasteiger charge is -2.37. The number of nitrogens with zero attached hydrogens (tertiary/aromatic N) is 2. The van der Waals surface area contributed by atoms with Crippen LogP contribution in [0.3, 0.4) is 0 Å². The Labute approximate surface area is 106 Å². The van der Waals surface area contributed by atoms with Gasteiger partial charge in [-0.15, -0.1) is 0 Å². The van der Waals surface area contributed by atoms with Gasteiger partial charge in [-0.1, -0.05) is 0 Å². The second kappa shape index (κ2) is 5.56. The summed E-state index contributed by atoms with van der Waals surface area (Å²) in [5.74, 6) is -1.25. The fraction of sp³-hybridized carbons (Fsp3) is 0.833. The average molecular weight is 256 g/mol. The van der Waals surface area contributed by atoms with Gasteiger partial charge in [-0.05, 0) is 25.7 Å². The number of aliphatic hydroxyl groups excluding tert-OH is 1. The van der Waals surface area contributed by atoms with E-state index in [1.807, 2.05) is 0 Å². The molecule has 0 aliphatic carbocycles. The first-order chi connectivity index (χ1) is 8.58. The maximum absolute atomic E-state index is 12.2. The summed E-state index contributed by atoms with van der Waals surface area (Å²) in [5, 5.41) is 18.4. The van der Waals surface area contributed by atoms with Crippen molar-refractivity contribution in [2.45, 2.75) is 31.8 Å². The molecule has 2 amide bonds. The Bertz CT molecular complexity index is 326. The van der Waals surface area contributed by atoms with Gasteiger partial charge in [0.2, 0.25) is 0 Å². The van der Waals surface area contributed by atoms with Crippen molar-refractivity contribution < 1.29 is 19.8 Å². The first-order valence-electron chi connectivity index (χ1n) is 6.52. The SMILES string of the molecule is O=C(O)[C@H]1CCCN(C(=O)N2CCC(O)CC2)C1. The van der Waals surface area contributed by atoms with Crippen molar-refractivity contribution in [3.8, 4) is 0 Å². The minimum atomic E-state index is -0.818.